The molecular weight excluding hydrogens is 214 g/mol. The van der Waals surface area contributed by atoms with Gasteiger partial charge in [-0.05, 0) is 13.0 Å². The molecule has 2 heterocycles. The van der Waals surface area contributed by atoms with Crippen molar-refractivity contribution in [2.45, 2.75) is 32.4 Å². The smallest absolute Gasteiger partial charge is 0.0949 e. The molecule has 1 unspecified atom stereocenters. The van der Waals surface area contributed by atoms with Crippen molar-refractivity contribution >= 4 is 0 Å². The van der Waals surface area contributed by atoms with Crippen molar-refractivity contribution in [2.24, 2.45) is 12.8 Å². The standard InChI is InChI=1S/C12H19N5/c1-10(13)7-11-8-17(9-14-11)6-4-12-3-5-15-16(12)2/h3,5,8-10H,4,6-7,13H2,1-2H3. The number of hydrogen-bond donors (Lipinski definition) is 1. The zero-order valence-corrected chi connectivity index (χ0v) is 10.4. The Balaban J connectivity index is 1.91. The van der Waals surface area contributed by atoms with Crippen LogP contribution in [0.25, 0.3) is 0 Å². The van der Waals surface area contributed by atoms with E-state index in [0.717, 1.165) is 25.1 Å². The second kappa shape index (κ2) is 5.14. The van der Waals surface area contributed by atoms with Crippen LogP contribution in [0.2, 0.25) is 0 Å². The van der Waals surface area contributed by atoms with Crippen molar-refractivity contribution in [3.63, 3.8) is 0 Å². The molecule has 0 fully saturated rings. The third-order valence-electron chi connectivity index (χ3n) is 2.77. The van der Waals surface area contributed by atoms with E-state index in [1.807, 2.05) is 37.2 Å². The van der Waals surface area contributed by atoms with Gasteiger partial charge in [-0.2, -0.15) is 5.10 Å². The second-order valence-corrected chi connectivity index (χ2v) is 4.48. The van der Waals surface area contributed by atoms with E-state index in [1.165, 1.54) is 5.69 Å². The lowest BCUT2D eigenvalue weighted by atomic mass is 10.2. The molecule has 0 bridgehead atoms. The maximum Gasteiger partial charge on any atom is 0.0949 e. The molecule has 0 aliphatic heterocycles. The summed E-state index contributed by atoms with van der Waals surface area (Å²) in [5, 5.41) is 4.15. The molecule has 0 spiro atoms. The van der Waals surface area contributed by atoms with Gasteiger partial charge in [0.2, 0.25) is 0 Å². The maximum absolute atomic E-state index is 5.74. The lowest BCUT2D eigenvalue weighted by Gasteiger charge is -2.03. The predicted molar refractivity (Wildman–Crippen MR) is 66.5 cm³/mol. The topological polar surface area (TPSA) is 61.7 Å². The SMILES string of the molecule is CC(N)Cc1cn(CCc2ccnn2C)cn1. The first kappa shape index (κ1) is 11.9. The summed E-state index contributed by atoms with van der Waals surface area (Å²) in [5.74, 6) is 0. The van der Waals surface area contributed by atoms with Gasteiger partial charge in [0.05, 0.1) is 12.0 Å². The van der Waals surface area contributed by atoms with Crippen LogP contribution in [0.15, 0.2) is 24.8 Å². The molecule has 2 rings (SSSR count). The largest absolute Gasteiger partial charge is 0.337 e. The molecule has 0 radical (unpaired) electrons. The van der Waals surface area contributed by atoms with Crippen LogP contribution in [0, 0.1) is 0 Å². The third-order valence-corrected chi connectivity index (χ3v) is 2.77. The molecule has 5 nitrogen and oxygen atoms in total. The van der Waals surface area contributed by atoms with Crippen LogP contribution in [-0.2, 0) is 26.4 Å². The van der Waals surface area contributed by atoms with Gasteiger partial charge in [-0.15, -0.1) is 0 Å². The van der Waals surface area contributed by atoms with Crippen molar-refractivity contribution in [1.82, 2.24) is 19.3 Å². The fraction of sp³-hybridized carbons (Fsp3) is 0.500. The Hall–Kier alpha value is -1.62. The molecule has 0 aromatic carbocycles. The lowest BCUT2D eigenvalue weighted by molar-refractivity contribution is 0.635. The minimum Gasteiger partial charge on any atom is -0.337 e. The number of imidazole rings is 1. The van der Waals surface area contributed by atoms with Gasteiger partial charge < -0.3 is 10.3 Å². The van der Waals surface area contributed by atoms with Crippen molar-refractivity contribution in [2.75, 3.05) is 0 Å². The van der Waals surface area contributed by atoms with Gasteiger partial charge in [0, 0.05) is 50.6 Å². The van der Waals surface area contributed by atoms with Crippen molar-refractivity contribution < 1.29 is 0 Å². The fourth-order valence-electron chi connectivity index (χ4n) is 1.85. The number of nitrogens with two attached hydrogens (primary N) is 1. The maximum atomic E-state index is 5.74. The van der Waals surface area contributed by atoms with E-state index < -0.39 is 0 Å². The lowest BCUT2D eigenvalue weighted by Crippen LogP contribution is -2.17. The zero-order chi connectivity index (χ0) is 12.3. The number of aromatic nitrogens is 4. The molecule has 0 saturated carbocycles. The monoisotopic (exact) mass is 233 g/mol. The number of rotatable bonds is 5. The Morgan fingerprint density at radius 1 is 1.47 bits per heavy atom. The Kier molecular flexibility index (Phi) is 3.58. The Morgan fingerprint density at radius 2 is 2.29 bits per heavy atom. The average Bonchev–Trinajstić information content (AvgIpc) is 2.84. The summed E-state index contributed by atoms with van der Waals surface area (Å²) in [4.78, 5) is 4.34. The van der Waals surface area contributed by atoms with Crippen LogP contribution in [0.3, 0.4) is 0 Å². The molecule has 2 aromatic rings. The highest BCUT2D eigenvalue weighted by Crippen LogP contribution is 2.03. The summed E-state index contributed by atoms with van der Waals surface area (Å²) in [7, 11) is 1.96. The molecule has 0 aliphatic carbocycles. The van der Waals surface area contributed by atoms with Crippen LogP contribution in [0.1, 0.15) is 18.3 Å². The molecule has 5 heteroatoms. The highest BCUT2D eigenvalue weighted by atomic mass is 15.3. The molecule has 0 amide bonds. The highest BCUT2D eigenvalue weighted by molar-refractivity contribution is 5.02. The van der Waals surface area contributed by atoms with E-state index in [0.29, 0.717) is 0 Å². The quantitative estimate of drug-likeness (QED) is 0.829. The molecule has 2 aromatic heterocycles. The van der Waals surface area contributed by atoms with Crippen LogP contribution in [0.4, 0.5) is 0 Å². The zero-order valence-electron chi connectivity index (χ0n) is 10.4. The van der Waals surface area contributed by atoms with Crippen molar-refractivity contribution in [1.29, 1.82) is 0 Å². The molecule has 0 saturated heterocycles. The Labute approximate surface area is 101 Å². The Morgan fingerprint density at radius 3 is 2.94 bits per heavy atom. The number of hydrogen-bond acceptors (Lipinski definition) is 3. The van der Waals surface area contributed by atoms with Gasteiger partial charge in [0.25, 0.3) is 0 Å². The van der Waals surface area contributed by atoms with E-state index in [-0.39, 0.29) is 6.04 Å². The van der Waals surface area contributed by atoms with E-state index >= 15 is 0 Å². The summed E-state index contributed by atoms with van der Waals surface area (Å²) in [6.07, 6.45) is 7.56. The van der Waals surface area contributed by atoms with Gasteiger partial charge in [-0.25, -0.2) is 4.98 Å². The van der Waals surface area contributed by atoms with Gasteiger partial charge >= 0.3 is 0 Å². The van der Waals surface area contributed by atoms with Gasteiger partial charge in [-0.1, -0.05) is 0 Å². The highest BCUT2D eigenvalue weighted by Gasteiger charge is 2.03. The van der Waals surface area contributed by atoms with Gasteiger partial charge in [0.15, 0.2) is 0 Å². The van der Waals surface area contributed by atoms with Gasteiger partial charge in [-0.3, -0.25) is 4.68 Å². The van der Waals surface area contributed by atoms with E-state index in [9.17, 15) is 0 Å². The molecule has 0 aliphatic rings. The summed E-state index contributed by atoms with van der Waals surface area (Å²) < 4.78 is 4.00. The minimum absolute atomic E-state index is 0.162. The van der Waals surface area contributed by atoms with Crippen LogP contribution < -0.4 is 5.73 Å². The normalized spacial score (nSPS) is 12.9. The third kappa shape index (κ3) is 3.17. The first-order valence-corrected chi connectivity index (χ1v) is 5.88. The molecule has 17 heavy (non-hydrogen) atoms. The van der Waals surface area contributed by atoms with Crippen molar-refractivity contribution in [3.8, 4) is 0 Å². The fourth-order valence-corrected chi connectivity index (χ4v) is 1.85. The summed E-state index contributed by atoms with van der Waals surface area (Å²) >= 11 is 0. The predicted octanol–water partition coefficient (Wildman–Crippen LogP) is 0.749. The molecule has 2 N–H and O–H groups in total. The van der Waals surface area contributed by atoms with Crippen LogP contribution in [0.5, 0.6) is 0 Å². The van der Waals surface area contributed by atoms with E-state index in [4.69, 9.17) is 5.73 Å². The number of nitrogens with zero attached hydrogens (tertiary/aromatic N) is 4. The molecule has 1 atom stereocenters. The van der Waals surface area contributed by atoms with E-state index in [1.54, 1.807) is 0 Å². The van der Waals surface area contributed by atoms with E-state index in [2.05, 4.69) is 20.8 Å². The van der Waals surface area contributed by atoms with Crippen molar-refractivity contribution in [3.05, 3.63) is 36.2 Å². The first-order chi connectivity index (χ1) is 8.15. The summed E-state index contributed by atoms with van der Waals surface area (Å²) in [6, 6.07) is 2.20. The Bertz CT molecular complexity index is 469. The second-order valence-electron chi connectivity index (χ2n) is 4.48. The summed E-state index contributed by atoms with van der Waals surface area (Å²) in [5.41, 5.74) is 8.03. The molecular formula is C12H19N5. The van der Waals surface area contributed by atoms with Crippen LogP contribution >= 0.6 is 0 Å². The molecule has 92 valence electrons. The number of aryl methyl sites for hydroxylation is 3. The minimum atomic E-state index is 0.162. The summed E-state index contributed by atoms with van der Waals surface area (Å²) in [6.45, 7) is 2.92. The van der Waals surface area contributed by atoms with Gasteiger partial charge in [0.1, 0.15) is 0 Å². The average molecular weight is 233 g/mol. The first-order valence-electron chi connectivity index (χ1n) is 5.88. The van der Waals surface area contributed by atoms with Crippen LogP contribution in [-0.4, -0.2) is 25.4 Å².